The third-order valence-electron chi connectivity index (χ3n) is 7.16. The van der Waals surface area contributed by atoms with E-state index in [0.29, 0.717) is 12.0 Å². The second kappa shape index (κ2) is 11.6. The van der Waals surface area contributed by atoms with E-state index >= 15 is 0 Å². The number of carbonyl (C=O) groups is 3. The number of nitrogens with one attached hydrogen (secondary N) is 2. The van der Waals surface area contributed by atoms with Crippen LogP contribution in [0.3, 0.4) is 0 Å². The van der Waals surface area contributed by atoms with Crippen LogP contribution in [0.25, 0.3) is 11.1 Å². The molecule has 9 nitrogen and oxygen atoms in total. The predicted molar refractivity (Wildman–Crippen MR) is 147 cm³/mol. The number of alkyl halides is 3. The number of hydrogen-bond donors (Lipinski definition) is 3. The minimum absolute atomic E-state index is 0.00122. The molecule has 3 N–H and O–H groups in total. The van der Waals surface area contributed by atoms with E-state index in [1.807, 2.05) is 6.08 Å². The largest absolute Gasteiger partial charge is 0.604 e. The highest BCUT2D eigenvalue weighted by Crippen LogP contribution is 2.38. The van der Waals surface area contributed by atoms with Gasteiger partial charge in [0.05, 0.1) is 35.5 Å². The van der Waals surface area contributed by atoms with E-state index < -0.39 is 57.5 Å². The predicted octanol–water partition coefficient (Wildman–Crippen LogP) is 5.38. The zero-order chi connectivity index (χ0) is 31.1. The van der Waals surface area contributed by atoms with Crippen molar-refractivity contribution >= 4 is 34.8 Å². The fourth-order valence-electron chi connectivity index (χ4n) is 5.15. The second-order valence-corrected chi connectivity index (χ2v) is 11.2. The van der Waals surface area contributed by atoms with Gasteiger partial charge in [-0.1, -0.05) is 30.4 Å². The number of amides is 3. The van der Waals surface area contributed by atoms with Gasteiger partial charge in [-0.05, 0) is 42.3 Å². The van der Waals surface area contributed by atoms with Crippen LogP contribution in [-0.4, -0.2) is 57.3 Å². The number of methoxy groups -OCH3 is 1. The number of likely N-dealkylation sites (tertiary alicyclic amines) is 1. The number of nitrogens with zero attached hydrogens (tertiary/aromatic N) is 1. The number of hydrogen-bond acceptors (Lipinski definition) is 5. The highest BCUT2D eigenvalue weighted by atomic mass is 32.2. The molecule has 5 rings (SSSR count). The molecule has 1 heterocycles. The molecular weight excluding hydrogens is 594 g/mol. The molecule has 0 saturated carbocycles. The van der Waals surface area contributed by atoms with Crippen molar-refractivity contribution in [2.24, 2.45) is 5.92 Å². The van der Waals surface area contributed by atoms with Gasteiger partial charge in [0.1, 0.15) is 17.7 Å². The van der Waals surface area contributed by atoms with E-state index in [1.165, 1.54) is 54.5 Å². The van der Waals surface area contributed by atoms with Crippen molar-refractivity contribution in [2.45, 2.75) is 29.0 Å². The van der Waals surface area contributed by atoms with Crippen LogP contribution in [0.15, 0.2) is 77.7 Å². The molecule has 1 aliphatic carbocycles. The van der Waals surface area contributed by atoms with E-state index in [1.54, 1.807) is 6.08 Å². The second-order valence-electron chi connectivity index (χ2n) is 9.76. The molecule has 0 radical (unpaired) electrons. The third-order valence-corrected chi connectivity index (χ3v) is 8.26. The molecule has 4 atom stereocenters. The molecule has 43 heavy (non-hydrogen) atoms. The fourth-order valence-corrected chi connectivity index (χ4v) is 5.85. The van der Waals surface area contributed by atoms with Crippen molar-refractivity contribution in [3.05, 3.63) is 89.8 Å². The summed E-state index contributed by atoms with van der Waals surface area (Å²) in [6.07, 6.45) is 3.24. The smallest absolute Gasteiger partial charge is 0.578 e. The van der Waals surface area contributed by atoms with E-state index in [9.17, 15) is 36.5 Å². The molecule has 0 aromatic heterocycles. The van der Waals surface area contributed by atoms with Crippen molar-refractivity contribution in [3.8, 4) is 16.9 Å². The molecule has 1 saturated heterocycles. The molecule has 3 aromatic rings. The monoisotopic (exact) mass is 617 g/mol. The number of halogens is 4. The number of carbonyl (C=O) groups excluding carboxylic acids is 2. The van der Waals surface area contributed by atoms with Crippen LogP contribution >= 0.6 is 0 Å². The number of benzene rings is 3. The summed E-state index contributed by atoms with van der Waals surface area (Å²) in [5.74, 6) is -2.91. The summed E-state index contributed by atoms with van der Waals surface area (Å²) in [5.41, 5.74) is -4.71. The van der Waals surface area contributed by atoms with E-state index in [2.05, 4.69) is 10.6 Å². The van der Waals surface area contributed by atoms with Gasteiger partial charge in [-0.25, -0.2) is 14.0 Å². The SMILES string of the molecule is COc1cc(F)c(-c2ccc(C(=O)O)cc2)cc1C(=O)NC1C2C=CC(C2)N1C(=O)Nc1cccc([S+]([O-])C(F)(F)F)c1. The Kier molecular flexibility index (Phi) is 8.08. The summed E-state index contributed by atoms with van der Waals surface area (Å²) in [5, 5.41) is 14.4. The quantitative estimate of drug-likeness (QED) is 0.186. The lowest BCUT2D eigenvalue weighted by Gasteiger charge is -2.33. The lowest BCUT2D eigenvalue weighted by Crippen LogP contribution is -2.54. The maximum absolute atomic E-state index is 15.0. The van der Waals surface area contributed by atoms with E-state index in [4.69, 9.17) is 9.84 Å². The number of carboxylic acid groups (broad SMARTS) is 1. The minimum atomic E-state index is -4.97. The molecule has 0 spiro atoms. The zero-order valence-corrected chi connectivity index (χ0v) is 23.0. The Hall–Kier alpha value is -4.56. The number of rotatable bonds is 7. The Bertz CT molecular complexity index is 1610. The molecule has 3 amide bonds. The molecular formula is C29H23F4N3O6S. The van der Waals surface area contributed by atoms with Crippen molar-refractivity contribution in [3.63, 3.8) is 0 Å². The maximum Gasteiger partial charge on any atom is 0.578 e. The van der Waals surface area contributed by atoms with Crippen LogP contribution < -0.4 is 15.4 Å². The highest BCUT2D eigenvalue weighted by molar-refractivity contribution is 7.92. The van der Waals surface area contributed by atoms with E-state index in [0.717, 1.165) is 18.2 Å². The Morgan fingerprint density at radius 1 is 1.07 bits per heavy atom. The number of urea groups is 1. The summed E-state index contributed by atoms with van der Waals surface area (Å²) in [6.45, 7) is 0. The number of anilines is 1. The summed E-state index contributed by atoms with van der Waals surface area (Å²) in [7, 11) is 1.26. The third kappa shape index (κ3) is 6.01. The first-order valence-electron chi connectivity index (χ1n) is 12.8. The minimum Gasteiger partial charge on any atom is -0.604 e. The average molecular weight is 618 g/mol. The number of carboxylic acids is 1. The first-order chi connectivity index (χ1) is 20.4. The van der Waals surface area contributed by atoms with Crippen LogP contribution in [0.2, 0.25) is 0 Å². The van der Waals surface area contributed by atoms with Crippen LogP contribution in [0, 0.1) is 11.7 Å². The molecule has 4 unspecified atom stereocenters. The van der Waals surface area contributed by atoms with Crippen molar-refractivity contribution in [1.29, 1.82) is 0 Å². The van der Waals surface area contributed by atoms with Crippen molar-refractivity contribution in [1.82, 2.24) is 10.2 Å². The maximum atomic E-state index is 15.0. The molecule has 14 heteroatoms. The van der Waals surface area contributed by atoms with Crippen LogP contribution in [0.5, 0.6) is 5.75 Å². The normalized spacial score (nSPS) is 19.7. The number of aromatic carboxylic acids is 1. The Morgan fingerprint density at radius 3 is 2.44 bits per heavy atom. The number of ether oxygens (including phenoxy) is 1. The van der Waals surface area contributed by atoms with Gasteiger partial charge in [-0.3, -0.25) is 9.69 Å². The van der Waals surface area contributed by atoms with Gasteiger partial charge in [0.25, 0.3) is 5.91 Å². The first-order valence-corrected chi connectivity index (χ1v) is 13.9. The summed E-state index contributed by atoms with van der Waals surface area (Å²) in [4.78, 5) is 38.8. The van der Waals surface area contributed by atoms with Gasteiger partial charge in [-0.2, -0.15) is 0 Å². The van der Waals surface area contributed by atoms with Gasteiger partial charge >= 0.3 is 17.5 Å². The zero-order valence-electron chi connectivity index (χ0n) is 22.2. The topological polar surface area (TPSA) is 131 Å². The van der Waals surface area contributed by atoms with Gasteiger partial charge < -0.3 is 25.0 Å². The van der Waals surface area contributed by atoms with Gasteiger partial charge in [0, 0.05) is 29.3 Å². The lowest BCUT2D eigenvalue weighted by molar-refractivity contribution is -0.0435. The van der Waals surface area contributed by atoms with Crippen molar-refractivity contribution < 1.29 is 46.3 Å². The summed E-state index contributed by atoms with van der Waals surface area (Å²) in [6, 6.07) is 11.2. The Labute approximate surface area is 245 Å². The van der Waals surface area contributed by atoms with Crippen LogP contribution in [0.4, 0.5) is 28.0 Å². The lowest BCUT2D eigenvalue weighted by atomic mass is 9.99. The molecule has 1 aliphatic heterocycles. The van der Waals surface area contributed by atoms with Gasteiger partial charge in [-0.15, -0.1) is 13.2 Å². The molecule has 224 valence electrons. The highest BCUT2D eigenvalue weighted by Gasteiger charge is 2.47. The first kappa shape index (κ1) is 29.9. The Morgan fingerprint density at radius 2 is 1.79 bits per heavy atom. The molecule has 3 aromatic carbocycles. The molecule has 2 aliphatic rings. The summed E-state index contributed by atoms with van der Waals surface area (Å²) >= 11 is -3.29. The van der Waals surface area contributed by atoms with Gasteiger partial charge in [0.2, 0.25) is 0 Å². The van der Waals surface area contributed by atoms with Crippen molar-refractivity contribution in [2.75, 3.05) is 12.4 Å². The standard InChI is InChI=1S/C29H23F4N3O6S/c1-42-24-14-23(30)21(15-5-7-16(8-6-15)27(38)39)13-22(24)26(37)35-25-17-9-10-19(11-17)36(25)28(40)34-18-3-2-4-20(12-18)43(41)29(31,32)33/h2-10,12-14,17,19,25H,11H2,1H3,(H,34,40)(H,35,37)(H,38,39). The van der Waals surface area contributed by atoms with Crippen LogP contribution in [-0.2, 0) is 11.2 Å². The summed E-state index contributed by atoms with van der Waals surface area (Å²) < 4.78 is 70.8. The Balaban J connectivity index is 1.38. The molecule has 1 fully saturated rings. The average Bonchev–Trinajstić information content (AvgIpc) is 3.58. The fraction of sp³-hybridized carbons (Fsp3) is 0.207. The van der Waals surface area contributed by atoms with Crippen LogP contribution in [0.1, 0.15) is 27.1 Å². The van der Waals surface area contributed by atoms with Gasteiger partial charge in [0.15, 0.2) is 4.90 Å². The number of fused-ring (bicyclic) bond motifs is 2. The van der Waals surface area contributed by atoms with E-state index in [-0.39, 0.29) is 34.0 Å². The molecule has 2 bridgehead atoms.